The molecule has 8 heteroatoms. The van der Waals surface area contributed by atoms with Crippen LogP contribution in [-0.4, -0.2) is 38.0 Å². The van der Waals surface area contributed by atoms with Gasteiger partial charge < -0.3 is 10.6 Å². The van der Waals surface area contributed by atoms with Crippen LogP contribution in [-0.2, 0) is 6.54 Å². The number of hydrogen-bond acceptors (Lipinski definition) is 5. The van der Waals surface area contributed by atoms with Crippen LogP contribution in [0.3, 0.4) is 0 Å². The number of anilines is 1. The molecule has 0 saturated carbocycles. The number of carbonyl (C=O) groups is 1. The van der Waals surface area contributed by atoms with Gasteiger partial charge in [-0.2, -0.15) is 5.10 Å². The first-order valence-electron chi connectivity index (χ1n) is 5.08. The highest BCUT2D eigenvalue weighted by atomic mass is 35.5. The maximum absolute atomic E-state index is 12.1. The molecule has 0 spiro atoms. The Kier molecular flexibility index (Phi) is 3.42. The minimum Gasteiger partial charge on any atom is -0.382 e. The zero-order valence-electron chi connectivity index (χ0n) is 9.59. The van der Waals surface area contributed by atoms with E-state index in [0.29, 0.717) is 17.9 Å². The fourth-order valence-electron chi connectivity index (χ4n) is 1.39. The molecule has 0 bridgehead atoms. The fourth-order valence-corrected chi connectivity index (χ4v) is 1.56. The number of carbonyl (C=O) groups excluding carboxylic acids is 1. The van der Waals surface area contributed by atoms with Crippen LogP contribution in [0.5, 0.6) is 0 Å². The first-order valence-corrected chi connectivity index (χ1v) is 5.46. The van der Waals surface area contributed by atoms with E-state index in [0.717, 1.165) is 0 Å². The van der Waals surface area contributed by atoms with Crippen LogP contribution in [0.2, 0.25) is 5.02 Å². The Morgan fingerprint density at radius 1 is 1.56 bits per heavy atom. The van der Waals surface area contributed by atoms with E-state index >= 15 is 0 Å². The number of halogens is 1. The number of hydrogen-bond donors (Lipinski definition) is 2. The second-order valence-corrected chi connectivity index (χ2v) is 4.09. The molecule has 0 aromatic carbocycles. The maximum atomic E-state index is 12.1. The van der Waals surface area contributed by atoms with E-state index in [2.05, 4.69) is 20.2 Å². The standard InChI is InChI=1S/C10H11ClN6O/c1-17(4-8-14-5-15-16-8)10(18)6-2-7(11)9(12)13-3-6/h2-3,5H,4H2,1H3,(H2,12,13)(H,14,15,16). The molecule has 0 saturated heterocycles. The Morgan fingerprint density at radius 2 is 2.33 bits per heavy atom. The lowest BCUT2D eigenvalue weighted by Crippen LogP contribution is -2.27. The third-order valence-corrected chi connectivity index (χ3v) is 2.62. The average molecular weight is 267 g/mol. The van der Waals surface area contributed by atoms with Gasteiger partial charge in [0.1, 0.15) is 18.0 Å². The molecule has 3 N–H and O–H groups in total. The van der Waals surface area contributed by atoms with Gasteiger partial charge in [0.25, 0.3) is 5.91 Å². The highest BCUT2D eigenvalue weighted by Crippen LogP contribution is 2.17. The van der Waals surface area contributed by atoms with Gasteiger partial charge in [0, 0.05) is 13.2 Å². The van der Waals surface area contributed by atoms with E-state index < -0.39 is 0 Å². The normalized spacial score (nSPS) is 10.3. The number of aromatic amines is 1. The van der Waals surface area contributed by atoms with Crippen LogP contribution in [0.4, 0.5) is 5.82 Å². The summed E-state index contributed by atoms with van der Waals surface area (Å²) in [6, 6.07) is 1.49. The van der Waals surface area contributed by atoms with Gasteiger partial charge in [-0.3, -0.25) is 9.89 Å². The van der Waals surface area contributed by atoms with Crippen LogP contribution in [0.25, 0.3) is 0 Å². The van der Waals surface area contributed by atoms with Crippen LogP contribution >= 0.6 is 11.6 Å². The second kappa shape index (κ2) is 5.01. The molecule has 94 valence electrons. The Bertz CT molecular complexity index is 556. The van der Waals surface area contributed by atoms with E-state index in [1.54, 1.807) is 7.05 Å². The molecule has 0 atom stereocenters. The first kappa shape index (κ1) is 12.3. The third-order valence-electron chi connectivity index (χ3n) is 2.32. The minimum absolute atomic E-state index is 0.200. The van der Waals surface area contributed by atoms with Crippen molar-refractivity contribution >= 4 is 23.3 Å². The number of nitrogens with zero attached hydrogens (tertiary/aromatic N) is 4. The number of nitrogens with two attached hydrogens (primary N) is 1. The quantitative estimate of drug-likeness (QED) is 0.852. The van der Waals surface area contributed by atoms with E-state index in [-0.39, 0.29) is 16.7 Å². The molecule has 0 aliphatic rings. The number of H-pyrrole nitrogens is 1. The molecule has 2 aromatic rings. The molecule has 0 aliphatic heterocycles. The smallest absolute Gasteiger partial charge is 0.255 e. The summed E-state index contributed by atoms with van der Waals surface area (Å²) in [6.45, 7) is 0.320. The second-order valence-electron chi connectivity index (χ2n) is 3.68. The van der Waals surface area contributed by atoms with Gasteiger partial charge in [0.05, 0.1) is 17.1 Å². The summed E-state index contributed by atoms with van der Waals surface area (Å²) in [5, 5.41) is 6.65. The van der Waals surface area contributed by atoms with Crippen molar-refractivity contribution in [2.24, 2.45) is 0 Å². The average Bonchev–Trinajstić information content (AvgIpc) is 2.84. The molecule has 0 radical (unpaired) electrons. The maximum Gasteiger partial charge on any atom is 0.255 e. The topological polar surface area (TPSA) is 101 Å². The predicted octanol–water partition coefficient (Wildman–Crippen LogP) is 0.707. The van der Waals surface area contributed by atoms with E-state index in [9.17, 15) is 4.79 Å². The molecule has 1 amide bonds. The van der Waals surface area contributed by atoms with Crippen molar-refractivity contribution in [1.29, 1.82) is 0 Å². The van der Waals surface area contributed by atoms with Gasteiger partial charge in [-0.15, -0.1) is 0 Å². The van der Waals surface area contributed by atoms with Crippen molar-refractivity contribution in [2.45, 2.75) is 6.54 Å². The monoisotopic (exact) mass is 266 g/mol. The lowest BCUT2D eigenvalue weighted by Gasteiger charge is -2.15. The molecule has 18 heavy (non-hydrogen) atoms. The van der Waals surface area contributed by atoms with Crippen LogP contribution in [0.1, 0.15) is 16.2 Å². The fraction of sp³-hybridized carbons (Fsp3) is 0.200. The molecule has 7 nitrogen and oxygen atoms in total. The summed E-state index contributed by atoms with van der Waals surface area (Å²) in [6.07, 6.45) is 2.77. The largest absolute Gasteiger partial charge is 0.382 e. The van der Waals surface area contributed by atoms with E-state index in [4.69, 9.17) is 17.3 Å². The Balaban J connectivity index is 2.12. The lowest BCUT2D eigenvalue weighted by atomic mass is 10.2. The highest BCUT2D eigenvalue weighted by Gasteiger charge is 2.14. The highest BCUT2D eigenvalue weighted by molar-refractivity contribution is 6.33. The van der Waals surface area contributed by atoms with Gasteiger partial charge in [-0.25, -0.2) is 9.97 Å². The van der Waals surface area contributed by atoms with Crippen molar-refractivity contribution in [3.8, 4) is 0 Å². The number of pyridine rings is 1. The van der Waals surface area contributed by atoms with E-state index in [1.807, 2.05) is 0 Å². The first-order chi connectivity index (χ1) is 8.58. The van der Waals surface area contributed by atoms with Crippen molar-refractivity contribution in [3.63, 3.8) is 0 Å². The zero-order chi connectivity index (χ0) is 13.1. The predicted molar refractivity (Wildman–Crippen MR) is 65.8 cm³/mol. The number of aromatic nitrogens is 4. The van der Waals surface area contributed by atoms with Gasteiger partial charge in [0.2, 0.25) is 0 Å². The Labute approximate surface area is 108 Å². The van der Waals surface area contributed by atoms with Gasteiger partial charge in [-0.05, 0) is 6.07 Å². The molecule has 2 aromatic heterocycles. The summed E-state index contributed by atoms with van der Waals surface area (Å²) in [5.41, 5.74) is 5.85. The lowest BCUT2D eigenvalue weighted by molar-refractivity contribution is 0.0781. The Morgan fingerprint density at radius 3 is 2.94 bits per heavy atom. The number of amides is 1. The molecular formula is C10H11ClN6O. The van der Waals surface area contributed by atoms with Crippen molar-refractivity contribution in [3.05, 3.63) is 35.0 Å². The summed E-state index contributed by atoms with van der Waals surface area (Å²) in [7, 11) is 1.65. The SMILES string of the molecule is CN(Cc1ncn[nH]1)C(=O)c1cnc(N)c(Cl)c1. The molecule has 0 aliphatic carbocycles. The molecule has 2 rings (SSSR count). The van der Waals surface area contributed by atoms with Gasteiger partial charge in [-0.1, -0.05) is 11.6 Å². The minimum atomic E-state index is -0.221. The van der Waals surface area contributed by atoms with Gasteiger partial charge >= 0.3 is 0 Å². The number of rotatable bonds is 3. The van der Waals surface area contributed by atoms with Crippen molar-refractivity contribution in [2.75, 3.05) is 12.8 Å². The van der Waals surface area contributed by atoms with E-state index in [1.165, 1.54) is 23.5 Å². The molecule has 2 heterocycles. The van der Waals surface area contributed by atoms with Crippen molar-refractivity contribution < 1.29 is 4.79 Å². The summed E-state index contributed by atoms with van der Waals surface area (Å²) in [4.78, 5) is 21.3. The van der Waals surface area contributed by atoms with Crippen LogP contribution in [0.15, 0.2) is 18.6 Å². The Hall–Kier alpha value is -2.15. The molecular weight excluding hydrogens is 256 g/mol. The van der Waals surface area contributed by atoms with Crippen molar-refractivity contribution in [1.82, 2.24) is 25.1 Å². The van der Waals surface area contributed by atoms with Crippen LogP contribution in [0, 0.1) is 0 Å². The third kappa shape index (κ3) is 2.57. The summed E-state index contributed by atoms with van der Waals surface area (Å²) in [5.74, 6) is 0.576. The number of nitrogen functional groups attached to an aromatic ring is 1. The van der Waals surface area contributed by atoms with Gasteiger partial charge in [0.15, 0.2) is 0 Å². The summed E-state index contributed by atoms with van der Waals surface area (Å²) >= 11 is 5.82. The van der Waals surface area contributed by atoms with Crippen LogP contribution < -0.4 is 5.73 Å². The zero-order valence-corrected chi connectivity index (χ0v) is 10.3. The number of nitrogens with one attached hydrogen (secondary N) is 1. The molecule has 0 unspecified atom stereocenters. The molecule has 0 fully saturated rings. The summed E-state index contributed by atoms with van der Waals surface area (Å²) < 4.78 is 0.